The Morgan fingerprint density at radius 3 is 2.74 bits per heavy atom. The molecule has 0 N–H and O–H groups in total. The van der Waals surface area contributed by atoms with Crippen molar-refractivity contribution in [2.75, 3.05) is 6.61 Å². The fourth-order valence-corrected chi connectivity index (χ4v) is 2.76. The molecule has 1 aromatic rings. The van der Waals surface area contributed by atoms with E-state index in [1.165, 1.54) is 6.40 Å². The number of ether oxygens (including phenoxy) is 1. The van der Waals surface area contributed by atoms with E-state index in [1.807, 2.05) is 18.5 Å². The van der Waals surface area contributed by atoms with E-state index in [1.54, 1.807) is 0 Å². The summed E-state index contributed by atoms with van der Waals surface area (Å²) in [5.41, 5.74) is 2.87. The van der Waals surface area contributed by atoms with Crippen LogP contribution in [0.2, 0.25) is 0 Å². The Kier molecular flexibility index (Phi) is 4.33. The van der Waals surface area contributed by atoms with E-state index < -0.39 is 0 Å². The zero-order valence-corrected chi connectivity index (χ0v) is 12.1. The Morgan fingerprint density at radius 1 is 1.42 bits per heavy atom. The van der Waals surface area contributed by atoms with Crippen LogP contribution in [0.3, 0.4) is 0 Å². The van der Waals surface area contributed by atoms with Gasteiger partial charge >= 0.3 is 0 Å². The molecule has 1 aliphatic rings. The van der Waals surface area contributed by atoms with Crippen LogP contribution in [0.25, 0.3) is 0 Å². The zero-order chi connectivity index (χ0) is 13.8. The van der Waals surface area contributed by atoms with Crippen molar-refractivity contribution in [3.63, 3.8) is 0 Å². The molecule has 0 saturated carbocycles. The lowest BCUT2D eigenvalue weighted by Crippen LogP contribution is -2.11. The SMILES string of the molecule is CCO/C=N/c1c(C#N)c2c(c(=S)n1C)CCCC2. The Morgan fingerprint density at radius 2 is 2.11 bits per heavy atom. The maximum absolute atomic E-state index is 9.43. The highest BCUT2D eigenvalue weighted by Gasteiger charge is 2.20. The van der Waals surface area contributed by atoms with Crippen molar-refractivity contribution in [3.05, 3.63) is 21.3 Å². The molecule has 0 aromatic carbocycles. The summed E-state index contributed by atoms with van der Waals surface area (Å²) in [6.45, 7) is 2.45. The second-order valence-electron chi connectivity index (χ2n) is 4.53. The van der Waals surface area contributed by atoms with Crippen molar-refractivity contribution < 1.29 is 4.74 Å². The first kappa shape index (κ1) is 13.8. The second kappa shape index (κ2) is 5.98. The van der Waals surface area contributed by atoms with E-state index in [4.69, 9.17) is 17.0 Å². The summed E-state index contributed by atoms with van der Waals surface area (Å²) in [6, 6.07) is 2.28. The average Bonchev–Trinajstić information content (AvgIpc) is 2.44. The quantitative estimate of drug-likeness (QED) is 0.483. The maximum Gasteiger partial charge on any atom is 0.176 e. The molecule has 1 heterocycles. The van der Waals surface area contributed by atoms with E-state index in [-0.39, 0.29) is 0 Å². The minimum atomic E-state index is 0.556. The van der Waals surface area contributed by atoms with Gasteiger partial charge in [-0.2, -0.15) is 5.26 Å². The third-order valence-corrected chi connectivity index (χ3v) is 3.92. The highest BCUT2D eigenvalue weighted by molar-refractivity contribution is 7.71. The fourth-order valence-electron chi connectivity index (χ4n) is 2.45. The third-order valence-electron chi connectivity index (χ3n) is 3.40. The number of pyridine rings is 1. The Bertz CT molecular complexity index is 611. The molecule has 0 unspecified atom stereocenters. The molecule has 5 heteroatoms. The molecule has 2 rings (SSSR count). The lowest BCUT2D eigenvalue weighted by Gasteiger charge is -2.20. The highest BCUT2D eigenvalue weighted by atomic mass is 32.1. The largest absolute Gasteiger partial charge is 0.483 e. The molecular weight excluding hydrogens is 258 g/mol. The van der Waals surface area contributed by atoms with Crippen LogP contribution in [0, 0.1) is 16.0 Å². The van der Waals surface area contributed by atoms with E-state index in [0.717, 1.165) is 41.5 Å². The molecule has 1 aromatic heterocycles. The minimum absolute atomic E-state index is 0.556. The predicted octanol–water partition coefficient (Wildman–Crippen LogP) is 3.20. The van der Waals surface area contributed by atoms with E-state index in [0.29, 0.717) is 18.0 Å². The van der Waals surface area contributed by atoms with Crippen LogP contribution < -0.4 is 0 Å². The third kappa shape index (κ3) is 2.54. The monoisotopic (exact) mass is 275 g/mol. The predicted molar refractivity (Wildman–Crippen MR) is 77.4 cm³/mol. The van der Waals surface area contributed by atoms with Gasteiger partial charge in [0.15, 0.2) is 12.2 Å². The molecule has 0 bridgehead atoms. The summed E-state index contributed by atoms with van der Waals surface area (Å²) >= 11 is 5.49. The van der Waals surface area contributed by atoms with Crippen LogP contribution in [0.1, 0.15) is 36.5 Å². The van der Waals surface area contributed by atoms with Crippen molar-refractivity contribution >= 4 is 24.4 Å². The average molecular weight is 275 g/mol. The summed E-state index contributed by atoms with van der Waals surface area (Å²) in [5, 5.41) is 9.43. The normalized spacial score (nSPS) is 14.2. The van der Waals surface area contributed by atoms with Gasteiger partial charge < -0.3 is 9.30 Å². The number of hydrogen-bond donors (Lipinski definition) is 0. The number of nitrogens with zero attached hydrogens (tertiary/aromatic N) is 3. The summed E-state index contributed by atoms with van der Waals surface area (Å²) < 4.78 is 7.73. The Balaban J connectivity index is 2.63. The molecule has 1 aliphatic carbocycles. The van der Waals surface area contributed by atoms with Crippen LogP contribution in [-0.2, 0) is 24.6 Å². The number of nitriles is 1. The molecule has 0 atom stereocenters. The van der Waals surface area contributed by atoms with Gasteiger partial charge in [0.2, 0.25) is 0 Å². The van der Waals surface area contributed by atoms with Crippen LogP contribution in [-0.4, -0.2) is 17.6 Å². The van der Waals surface area contributed by atoms with Crippen molar-refractivity contribution in [1.82, 2.24) is 4.57 Å². The van der Waals surface area contributed by atoms with Crippen molar-refractivity contribution in [2.45, 2.75) is 32.6 Å². The number of fused-ring (bicyclic) bond motifs is 1. The Hall–Kier alpha value is -1.67. The topological polar surface area (TPSA) is 50.3 Å². The zero-order valence-electron chi connectivity index (χ0n) is 11.3. The van der Waals surface area contributed by atoms with Crippen molar-refractivity contribution in [1.29, 1.82) is 5.26 Å². The first-order valence-corrected chi connectivity index (χ1v) is 6.90. The van der Waals surface area contributed by atoms with Gasteiger partial charge in [-0.15, -0.1) is 0 Å². The van der Waals surface area contributed by atoms with Crippen LogP contribution in [0.5, 0.6) is 0 Å². The maximum atomic E-state index is 9.43. The lowest BCUT2D eigenvalue weighted by molar-refractivity contribution is 0.343. The molecule has 0 spiro atoms. The number of rotatable bonds is 3. The van der Waals surface area contributed by atoms with Gasteiger partial charge in [-0.3, -0.25) is 0 Å². The van der Waals surface area contributed by atoms with Crippen molar-refractivity contribution in [2.24, 2.45) is 12.0 Å². The van der Waals surface area contributed by atoms with Gasteiger partial charge in [-0.05, 0) is 43.7 Å². The van der Waals surface area contributed by atoms with Gasteiger partial charge in [-0.25, -0.2) is 4.99 Å². The molecule has 19 heavy (non-hydrogen) atoms. The van der Waals surface area contributed by atoms with Crippen molar-refractivity contribution in [3.8, 4) is 6.07 Å². The molecule has 0 amide bonds. The molecular formula is C14H17N3OS. The molecule has 0 aliphatic heterocycles. The fraction of sp³-hybridized carbons (Fsp3) is 0.500. The number of aliphatic imine (C=N–C) groups is 1. The lowest BCUT2D eigenvalue weighted by atomic mass is 9.90. The van der Waals surface area contributed by atoms with Gasteiger partial charge in [0, 0.05) is 7.05 Å². The molecule has 0 saturated heterocycles. The van der Waals surface area contributed by atoms with Crippen LogP contribution >= 0.6 is 12.2 Å². The Labute approximate surface area is 118 Å². The summed E-state index contributed by atoms with van der Waals surface area (Å²) in [7, 11) is 1.86. The van der Waals surface area contributed by atoms with Gasteiger partial charge in [0.1, 0.15) is 10.7 Å². The van der Waals surface area contributed by atoms with Gasteiger partial charge in [-0.1, -0.05) is 12.2 Å². The summed E-state index contributed by atoms with van der Waals surface area (Å²) in [5.74, 6) is 0.599. The van der Waals surface area contributed by atoms with Crippen LogP contribution in [0.15, 0.2) is 4.99 Å². The minimum Gasteiger partial charge on any atom is -0.483 e. The number of aromatic nitrogens is 1. The smallest absolute Gasteiger partial charge is 0.176 e. The van der Waals surface area contributed by atoms with E-state index in [9.17, 15) is 5.26 Å². The summed E-state index contributed by atoms with van der Waals surface area (Å²) in [6.07, 6.45) is 5.52. The number of hydrogen-bond acceptors (Lipinski definition) is 4. The first-order chi connectivity index (χ1) is 9.20. The van der Waals surface area contributed by atoms with E-state index in [2.05, 4.69) is 11.1 Å². The molecule has 100 valence electrons. The molecule has 0 radical (unpaired) electrons. The van der Waals surface area contributed by atoms with Crippen LogP contribution in [0.4, 0.5) is 5.82 Å². The first-order valence-electron chi connectivity index (χ1n) is 6.49. The summed E-state index contributed by atoms with van der Waals surface area (Å²) in [4.78, 5) is 4.26. The standard InChI is InChI=1S/C14H17N3OS/c1-3-18-9-16-13-12(8-15)10-6-4-5-7-11(10)14(19)17(13)2/h9H,3-7H2,1-2H3/b16-9+. The molecule has 0 fully saturated rings. The second-order valence-corrected chi connectivity index (χ2v) is 4.92. The molecule has 4 nitrogen and oxygen atoms in total. The van der Waals surface area contributed by atoms with Gasteiger partial charge in [0.25, 0.3) is 0 Å². The highest BCUT2D eigenvalue weighted by Crippen LogP contribution is 2.31. The van der Waals surface area contributed by atoms with E-state index >= 15 is 0 Å². The van der Waals surface area contributed by atoms with Gasteiger partial charge in [0.05, 0.1) is 12.2 Å².